The van der Waals surface area contributed by atoms with Crippen LogP contribution in [0.5, 0.6) is 0 Å². The van der Waals surface area contributed by atoms with E-state index < -0.39 is 6.04 Å². The highest BCUT2D eigenvalue weighted by Crippen LogP contribution is 2.20. The third-order valence-corrected chi connectivity index (χ3v) is 5.33. The Balaban J connectivity index is 1.59. The van der Waals surface area contributed by atoms with Crippen LogP contribution in [0.3, 0.4) is 0 Å². The molecule has 2 N–H and O–H groups in total. The van der Waals surface area contributed by atoms with Crippen LogP contribution >= 0.6 is 0 Å². The van der Waals surface area contributed by atoms with Crippen LogP contribution in [0, 0.1) is 13.8 Å². The molecule has 0 bridgehead atoms. The topological polar surface area (TPSA) is 61.4 Å². The summed E-state index contributed by atoms with van der Waals surface area (Å²) in [5, 5.41) is 8.07. The molecular weight excluding hydrogens is 362 g/mol. The fourth-order valence-electron chi connectivity index (χ4n) is 3.15. The van der Waals surface area contributed by atoms with Gasteiger partial charge in [-0.1, -0.05) is 42.5 Å². The lowest BCUT2D eigenvalue weighted by molar-refractivity contribution is -0.122. The van der Waals surface area contributed by atoms with Crippen molar-refractivity contribution in [2.24, 2.45) is 0 Å². The van der Waals surface area contributed by atoms with Crippen molar-refractivity contribution in [1.82, 2.24) is 4.90 Å². The molecule has 5 nitrogen and oxygen atoms in total. The first-order chi connectivity index (χ1) is 13.8. The zero-order valence-electron chi connectivity index (χ0n) is 17.3. The summed E-state index contributed by atoms with van der Waals surface area (Å²) in [5.41, 5.74) is 3.72. The number of nitrogens with one attached hydrogen (secondary N) is 2. The van der Waals surface area contributed by atoms with Crippen molar-refractivity contribution in [3.05, 3.63) is 71.8 Å². The van der Waals surface area contributed by atoms with Crippen LogP contribution in [-0.4, -0.2) is 36.3 Å². The van der Waals surface area contributed by atoms with E-state index in [4.69, 9.17) is 0 Å². The smallest absolute Gasteiger partial charge is 0.241 e. The van der Waals surface area contributed by atoms with Crippen LogP contribution in [0.4, 0.5) is 11.4 Å². The van der Waals surface area contributed by atoms with Gasteiger partial charge in [-0.3, -0.25) is 14.5 Å². The summed E-state index contributed by atoms with van der Waals surface area (Å²) >= 11 is 0. The molecule has 0 aliphatic rings. The highest BCUT2D eigenvalue weighted by molar-refractivity contribution is 5.98. The molecule has 5 heteroatoms. The fraction of sp³-hybridized carbons (Fsp3) is 0.250. The lowest BCUT2D eigenvalue weighted by Crippen LogP contribution is -2.43. The number of benzene rings is 3. The standard InChI is InChI=1S/C24H27N3O2/c1-16-8-7-11-22(17(16)2)26-23(28)15-27(4)18(3)24(29)25-21-13-12-19-9-5-6-10-20(19)14-21/h5-14,18H,15H2,1-4H3,(H,25,29)(H,26,28)/t18-/m1/s1. The van der Waals surface area contributed by atoms with Crippen molar-refractivity contribution < 1.29 is 9.59 Å². The number of rotatable bonds is 6. The molecule has 150 valence electrons. The lowest BCUT2D eigenvalue weighted by atomic mass is 10.1. The first kappa shape index (κ1) is 20.6. The quantitative estimate of drug-likeness (QED) is 0.659. The van der Waals surface area contributed by atoms with E-state index in [9.17, 15) is 9.59 Å². The number of anilines is 2. The van der Waals surface area contributed by atoms with Gasteiger partial charge in [0.15, 0.2) is 0 Å². The fourth-order valence-corrected chi connectivity index (χ4v) is 3.15. The molecule has 0 aromatic heterocycles. The number of hydrogen-bond acceptors (Lipinski definition) is 3. The van der Waals surface area contributed by atoms with Gasteiger partial charge in [-0.25, -0.2) is 0 Å². The molecule has 2 amide bonds. The predicted molar refractivity (Wildman–Crippen MR) is 119 cm³/mol. The maximum absolute atomic E-state index is 12.6. The molecule has 0 aliphatic heterocycles. The number of likely N-dealkylation sites (N-methyl/N-ethyl adjacent to an activating group) is 1. The Morgan fingerprint density at radius 2 is 1.66 bits per heavy atom. The number of hydrogen-bond donors (Lipinski definition) is 2. The van der Waals surface area contributed by atoms with E-state index >= 15 is 0 Å². The largest absolute Gasteiger partial charge is 0.325 e. The molecule has 0 radical (unpaired) electrons. The predicted octanol–water partition coefficient (Wildman–Crippen LogP) is 4.35. The Bertz CT molecular complexity index is 1050. The Labute approximate surface area is 171 Å². The molecule has 0 fully saturated rings. The molecule has 0 heterocycles. The second kappa shape index (κ2) is 8.88. The maximum atomic E-state index is 12.6. The molecule has 0 saturated carbocycles. The minimum atomic E-state index is -0.453. The summed E-state index contributed by atoms with van der Waals surface area (Å²) in [6.45, 7) is 5.91. The van der Waals surface area contributed by atoms with E-state index in [1.54, 1.807) is 18.9 Å². The van der Waals surface area contributed by atoms with Crippen molar-refractivity contribution >= 4 is 34.0 Å². The molecule has 1 atom stereocenters. The van der Waals surface area contributed by atoms with Crippen molar-refractivity contribution in [3.8, 4) is 0 Å². The summed E-state index contributed by atoms with van der Waals surface area (Å²) in [4.78, 5) is 26.8. The van der Waals surface area contributed by atoms with Gasteiger partial charge in [-0.05, 0) is 67.9 Å². The van der Waals surface area contributed by atoms with Gasteiger partial charge in [0.1, 0.15) is 0 Å². The molecule has 3 aromatic rings. The Kier molecular flexibility index (Phi) is 6.29. The first-order valence-electron chi connectivity index (χ1n) is 9.71. The van der Waals surface area contributed by atoms with Gasteiger partial charge in [-0.2, -0.15) is 0 Å². The highest BCUT2D eigenvalue weighted by atomic mass is 16.2. The first-order valence-corrected chi connectivity index (χ1v) is 9.71. The van der Waals surface area contributed by atoms with E-state index in [1.165, 1.54) is 0 Å². The van der Waals surface area contributed by atoms with Crippen LogP contribution < -0.4 is 10.6 Å². The molecular formula is C24H27N3O2. The van der Waals surface area contributed by atoms with Crippen LogP contribution in [0.15, 0.2) is 60.7 Å². The summed E-state index contributed by atoms with van der Waals surface area (Å²) in [5.74, 6) is -0.297. The van der Waals surface area contributed by atoms with E-state index in [0.717, 1.165) is 33.3 Å². The van der Waals surface area contributed by atoms with Gasteiger partial charge in [0.05, 0.1) is 12.6 Å². The summed E-state index contributed by atoms with van der Waals surface area (Å²) < 4.78 is 0. The van der Waals surface area contributed by atoms with Crippen LogP contribution in [0.25, 0.3) is 10.8 Å². The van der Waals surface area contributed by atoms with E-state index in [1.807, 2.05) is 74.5 Å². The van der Waals surface area contributed by atoms with E-state index in [2.05, 4.69) is 10.6 Å². The van der Waals surface area contributed by atoms with Gasteiger partial charge in [0.2, 0.25) is 11.8 Å². The van der Waals surface area contributed by atoms with Crippen molar-refractivity contribution in [3.63, 3.8) is 0 Å². The molecule has 3 aromatic carbocycles. The number of amides is 2. The average molecular weight is 389 g/mol. The highest BCUT2D eigenvalue weighted by Gasteiger charge is 2.20. The molecule has 0 unspecified atom stereocenters. The van der Waals surface area contributed by atoms with E-state index in [-0.39, 0.29) is 18.4 Å². The second-order valence-corrected chi connectivity index (χ2v) is 7.44. The average Bonchev–Trinajstić information content (AvgIpc) is 2.70. The Morgan fingerprint density at radius 1 is 0.931 bits per heavy atom. The maximum Gasteiger partial charge on any atom is 0.241 e. The lowest BCUT2D eigenvalue weighted by Gasteiger charge is -2.23. The number of nitrogens with zero attached hydrogens (tertiary/aromatic N) is 1. The third kappa shape index (κ3) is 5.00. The molecule has 0 aliphatic carbocycles. The second-order valence-electron chi connectivity index (χ2n) is 7.44. The number of carbonyl (C=O) groups is 2. The van der Waals surface area contributed by atoms with E-state index in [0.29, 0.717) is 0 Å². The molecule has 0 spiro atoms. The van der Waals surface area contributed by atoms with Gasteiger partial charge >= 0.3 is 0 Å². The SMILES string of the molecule is Cc1cccc(NC(=O)CN(C)[C@H](C)C(=O)Nc2ccc3ccccc3c2)c1C. The van der Waals surface area contributed by atoms with Crippen LogP contribution in [0.2, 0.25) is 0 Å². The zero-order valence-corrected chi connectivity index (χ0v) is 17.3. The zero-order chi connectivity index (χ0) is 21.0. The van der Waals surface area contributed by atoms with Crippen molar-refractivity contribution in [2.45, 2.75) is 26.8 Å². The summed E-state index contributed by atoms with van der Waals surface area (Å²) in [6.07, 6.45) is 0. The minimum absolute atomic E-state index is 0.125. The minimum Gasteiger partial charge on any atom is -0.325 e. The normalized spacial score (nSPS) is 12.0. The molecule has 0 saturated heterocycles. The third-order valence-electron chi connectivity index (χ3n) is 5.33. The Hall–Kier alpha value is -3.18. The van der Waals surface area contributed by atoms with Crippen molar-refractivity contribution in [1.29, 1.82) is 0 Å². The molecule has 3 rings (SSSR count). The number of fused-ring (bicyclic) bond motifs is 1. The van der Waals surface area contributed by atoms with Crippen molar-refractivity contribution in [2.75, 3.05) is 24.2 Å². The monoisotopic (exact) mass is 389 g/mol. The van der Waals surface area contributed by atoms with Gasteiger partial charge in [-0.15, -0.1) is 0 Å². The summed E-state index contributed by atoms with van der Waals surface area (Å²) in [7, 11) is 1.77. The number of carbonyl (C=O) groups excluding carboxylic acids is 2. The number of aryl methyl sites for hydroxylation is 1. The molecule has 29 heavy (non-hydrogen) atoms. The van der Waals surface area contributed by atoms with Gasteiger partial charge in [0.25, 0.3) is 0 Å². The van der Waals surface area contributed by atoms with Crippen LogP contribution in [0.1, 0.15) is 18.1 Å². The summed E-state index contributed by atoms with van der Waals surface area (Å²) in [6, 6.07) is 19.2. The van der Waals surface area contributed by atoms with Gasteiger partial charge in [0, 0.05) is 11.4 Å². The van der Waals surface area contributed by atoms with Crippen LogP contribution in [-0.2, 0) is 9.59 Å². The Morgan fingerprint density at radius 3 is 2.41 bits per heavy atom. The van der Waals surface area contributed by atoms with Gasteiger partial charge < -0.3 is 10.6 Å².